The summed E-state index contributed by atoms with van der Waals surface area (Å²) in [6, 6.07) is 29.7. The van der Waals surface area contributed by atoms with Crippen LogP contribution in [0.15, 0.2) is 89.4 Å². The average molecular weight is 412 g/mol. The molecule has 128 valence electrons. The van der Waals surface area contributed by atoms with Gasteiger partial charge in [0.1, 0.15) is 11.6 Å². The van der Waals surface area contributed by atoms with Crippen LogP contribution in [0.25, 0.3) is 33.9 Å². The first-order valence-electron chi connectivity index (χ1n) is 8.45. The van der Waals surface area contributed by atoms with Crippen LogP contribution in [-0.2, 0) is 0 Å². The molecule has 4 rings (SSSR count). The Balaban J connectivity index is 2.02. The van der Waals surface area contributed by atoms with Crippen molar-refractivity contribution >= 4 is 15.9 Å². The molecule has 1 heterocycles. The molecule has 0 atom stereocenters. The Bertz CT molecular complexity index is 1120. The first kappa shape index (κ1) is 17.1. The second-order valence-electron chi connectivity index (χ2n) is 5.97. The average Bonchev–Trinajstić information content (AvgIpc) is 2.74. The van der Waals surface area contributed by atoms with E-state index in [-0.39, 0.29) is 0 Å². The normalized spacial score (nSPS) is 10.4. The Morgan fingerprint density at radius 1 is 0.630 bits per heavy atom. The fourth-order valence-electron chi connectivity index (χ4n) is 2.90. The van der Waals surface area contributed by atoms with Crippen LogP contribution in [0, 0.1) is 11.3 Å². The highest BCUT2D eigenvalue weighted by Crippen LogP contribution is 2.32. The molecular formula is C23H14BrN3. The SMILES string of the molecule is N#Cc1c(-c2ccccc2)nc(-c2ccccc2)nc1-c1ccc(Br)cc1. The molecule has 0 unspecified atom stereocenters. The van der Waals surface area contributed by atoms with E-state index < -0.39 is 0 Å². The van der Waals surface area contributed by atoms with Gasteiger partial charge in [0.25, 0.3) is 0 Å². The monoisotopic (exact) mass is 411 g/mol. The van der Waals surface area contributed by atoms with Gasteiger partial charge in [-0.1, -0.05) is 88.7 Å². The molecule has 3 aromatic carbocycles. The summed E-state index contributed by atoms with van der Waals surface area (Å²) in [7, 11) is 0. The van der Waals surface area contributed by atoms with Gasteiger partial charge in [0.05, 0.1) is 11.4 Å². The summed E-state index contributed by atoms with van der Waals surface area (Å²) in [4.78, 5) is 9.50. The molecule has 3 nitrogen and oxygen atoms in total. The van der Waals surface area contributed by atoms with Gasteiger partial charge in [-0.15, -0.1) is 0 Å². The van der Waals surface area contributed by atoms with Crippen LogP contribution in [-0.4, -0.2) is 9.97 Å². The van der Waals surface area contributed by atoms with Crippen molar-refractivity contribution in [1.29, 1.82) is 5.26 Å². The Morgan fingerprint density at radius 2 is 1.11 bits per heavy atom. The zero-order valence-corrected chi connectivity index (χ0v) is 15.9. The highest BCUT2D eigenvalue weighted by molar-refractivity contribution is 9.10. The van der Waals surface area contributed by atoms with E-state index in [1.807, 2.05) is 84.9 Å². The quantitative estimate of drug-likeness (QED) is 0.408. The molecule has 0 aliphatic heterocycles. The van der Waals surface area contributed by atoms with Gasteiger partial charge >= 0.3 is 0 Å². The molecular weight excluding hydrogens is 398 g/mol. The minimum absolute atomic E-state index is 0.475. The molecule has 0 fully saturated rings. The molecule has 0 aliphatic rings. The lowest BCUT2D eigenvalue weighted by Crippen LogP contribution is -2.00. The van der Waals surface area contributed by atoms with Crippen LogP contribution in [0.2, 0.25) is 0 Å². The number of rotatable bonds is 3. The fourth-order valence-corrected chi connectivity index (χ4v) is 3.17. The van der Waals surface area contributed by atoms with Crippen molar-refractivity contribution in [3.05, 3.63) is 95.0 Å². The first-order chi connectivity index (χ1) is 13.3. The molecule has 0 radical (unpaired) electrons. The number of aromatic nitrogens is 2. The molecule has 0 amide bonds. The summed E-state index contributed by atoms with van der Waals surface area (Å²) in [5.41, 5.74) is 4.45. The van der Waals surface area contributed by atoms with E-state index in [2.05, 4.69) is 22.0 Å². The van der Waals surface area contributed by atoms with Crippen LogP contribution in [0.5, 0.6) is 0 Å². The number of hydrogen-bond donors (Lipinski definition) is 0. The summed E-state index contributed by atoms with van der Waals surface area (Å²) in [5.74, 6) is 0.603. The predicted octanol–water partition coefficient (Wildman–Crippen LogP) is 6.11. The maximum absolute atomic E-state index is 9.90. The second kappa shape index (κ2) is 7.53. The molecule has 0 N–H and O–H groups in total. The van der Waals surface area contributed by atoms with Gasteiger partial charge in [-0.05, 0) is 12.1 Å². The first-order valence-corrected chi connectivity index (χ1v) is 9.24. The summed E-state index contributed by atoms with van der Waals surface area (Å²) in [6.07, 6.45) is 0. The third kappa shape index (κ3) is 3.51. The predicted molar refractivity (Wildman–Crippen MR) is 111 cm³/mol. The lowest BCUT2D eigenvalue weighted by Gasteiger charge is -2.12. The molecule has 4 aromatic rings. The van der Waals surface area contributed by atoms with Crippen molar-refractivity contribution in [3.63, 3.8) is 0 Å². The summed E-state index contributed by atoms with van der Waals surface area (Å²) < 4.78 is 0.977. The number of nitriles is 1. The van der Waals surface area contributed by atoms with E-state index in [0.29, 0.717) is 22.8 Å². The van der Waals surface area contributed by atoms with Gasteiger partial charge in [0.15, 0.2) is 5.82 Å². The Kier molecular flexibility index (Phi) is 4.78. The van der Waals surface area contributed by atoms with Crippen molar-refractivity contribution in [2.45, 2.75) is 0 Å². The highest BCUT2D eigenvalue weighted by atomic mass is 79.9. The van der Waals surface area contributed by atoms with E-state index in [1.165, 1.54) is 0 Å². The lowest BCUT2D eigenvalue weighted by molar-refractivity contribution is 1.17. The standard InChI is InChI=1S/C23H14BrN3/c24-19-13-11-17(12-14-19)22-20(15-25)21(16-7-3-1-4-8-16)26-23(27-22)18-9-5-2-6-10-18/h1-14H. The molecule has 0 aliphatic carbocycles. The smallest absolute Gasteiger partial charge is 0.160 e. The third-order valence-electron chi connectivity index (χ3n) is 4.22. The molecule has 27 heavy (non-hydrogen) atoms. The number of benzene rings is 3. The Hall–Kier alpha value is -3.29. The zero-order valence-electron chi connectivity index (χ0n) is 14.3. The molecule has 0 saturated heterocycles. The molecule has 0 saturated carbocycles. The van der Waals surface area contributed by atoms with E-state index in [0.717, 1.165) is 21.2 Å². The Labute approximate surface area is 166 Å². The number of halogens is 1. The van der Waals surface area contributed by atoms with Crippen LogP contribution >= 0.6 is 15.9 Å². The van der Waals surface area contributed by atoms with E-state index in [1.54, 1.807) is 0 Å². The number of nitrogens with zero attached hydrogens (tertiary/aromatic N) is 3. The summed E-state index contributed by atoms with van der Waals surface area (Å²) in [6.45, 7) is 0. The van der Waals surface area contributed by atoms with Crippen molar-refractivity contribution in [2.75, 3.05) is 0 Å². The van der Waals surface area contributed by atoms with Crippen molar-refractivity contribution in [3.8, 4) is 40.0 Å². The van der Waals surface area contributed by atoms with E-state index >= 15 is 0 Å². The zero-order chi connectivity index (χ0) is 18.6. The van der Waals surface area contributed by atoms with Crippen LogP contribution in [0.1, 0.15) is 5.56 Å². The van der Waals surface area contributed by atoms with Crippen molar-refractivity contribution in [1.82, 2.24) is 9.97 Å². The summed E-state index contributed by atoms with van der Waals surface area (Å²) in [5, 5.41) is 9.90. The second-order valence-corrected chi connectivity index (χ2v) is 6.89. The van der Waals surface area contributed by atoms with Crippen molar-refractivity contribution in [2.24, 2.45) is 0 Å². The summed E-state index contributed by atoms with van der Waals surface area (Å²) >= 11 is 3.46. The minimum Gasteiger partial charge on any atom is -0.227 e. The van der Waals surface area contributed by atoms with Crippen molar-refractivity contribution < 1.29 is 0 Å². The van der Waals surface area contributed by atoms with Gasteiger partial charge in [-0.3, -0.25) is 0 Å². The van der Waals surface area contributed by atoms with Crippen LogP contribution in [0.4, 0.5) is 0 Å². The van der Waals surface area contributed by atoms with Gasteiger partial charge < -0.3 is 0 Å². The number of hydrogen-bond acceptors (Lipinski definition) is 3. The van der Waals surface area contributed by atoms with Gasteiger partial charge in [0, 0.05) is 21.2 Å². The van der Waals surface area contributed by atoms with Gasteiger partial charge in [-0.2, -0.15) is 5.26 Å². The van der Waals surface area contributed by atoms with Crippen LogP contribution < -0.4 is 0 Å². The maximum Gasteiger partial charge on any atom is 0.160 e. The minimum atomic E-state index is 0.475. The molecule has 1 aromatic heterocycles. The lowest BCUT2D eigenvalue weighted by atomic mass is 10.0. The van der Waals surface area contributed by atoms with Crippen LogP contribution in [0.3, 0.4) is 0 Å². The molecule has 0 bridgehead atoms. The molecule has 0 spiro atoms. The molecule has 4 heteroatoms. The fraction of sp³-hybridized carbons (Fsp3) is 0. The topological polar surface area (TPSA) is 49.6 Å². The van der Waals surface area contributed by atoms with Gasteiger partial charge in [0.2, 0.25) is 0 Å². The Morgan fingerprint density at radius 3 is 1.63 bits per heavy atom. The van der Waals surface area contributed by atoms with Gasteiger partial charge in [-0.25, -0.2) is 9.97 Å². The third-order valence-corrected chi connectivity index (χ3v) is 4.75. The maximum atomic E-state index is 9.90. The largest absolute Gasteiger partial charge is 0.227 e. The highest BCUT2D eigenvalue weighted by Gasteiger charge is 2.18. The van der Waals surface area contributed by atoms with E-state index in [9.17, 15) is 5.26 Å². The van der Waals surface area contributed by atoms with E-state index in [4.69, 9.17) is 9.97 Å².